The Hall–Kier alpha value is -2.89. The van der Waals surface area contributed by atoms with Crippen molar-refractivity contribution < 1.29 is 18.7 Å². The Kier molecular flexibility index (Phi) is 5.28. The summed E-state index contributed by atoms with van der Waals surface area (Å²) >= 11 is 0. The van der Waals surface area contributed by atoms with E-state index in [2.05, 4.69) is 5.32 Å². The first-order chi connectivity index (χ1) is 12.1. The molecule has 1 aliphatic heterocycles. The summed E-state index contributed by atoms with van der Waals surface area (Å²) in [5, 5.41) is 3.06. The Morgan fingerprint density at radius 2 is 1.72 bits per heavy atom. The molecule has 2 aromatic carbocycles. The molecule has 1 N–H and O–H groups in total. The number of halogens is 1. The number of para-hydroxylation sites is 1. The first-order valence-electron chi connectivity index (χ1n) is 8.20. The molecule has 25 heavy (non-hydrogen) atoms. The number of carbonyl (C=O) groups excluding carboxylic acids is 2. The Balaban J connectivity index is 1.65. The van der Waals surface area contributed by atoms with Crippen LogP contribution in [-0.4, -0.2) is 36.5 Å². The van der Waals surface area contributed by atoms with E-state index >= 15 is 0 Å². The maximum absolute atomic E-state index is 13.0. The minimum absolute atomic E-state index is 0.171. The number of rotatable bonds is 5. The fourth-order valence-corrected chi connectivity index (χ4v) is 2.72. The maximum Gasteiger partial charge on any atom is 0.340 e. The van der Waals surface area contributed by atoms with Gasteiger partial charge in [0.05, 0.1) is 11.3 Å². The third-order valence-corrected chi connectivity index (χ3v) is 4.06. The molecule has 0 spiro atoms. The van der Waals surface area contributed by atoms with Crippen LogP contribution in [0, 0.1) is 5.82 Å². The fourth-order valence-electron chi connectivity index (χ4n) is 2.72. The smallest absolute Gasteiger partial charge is 0.340 e. The zero-order valence-electron chi connectivity index (χ0n) is 13.7. The predicted octanol–water partition coefficient (Wildman–Crippen LogP) is 3.35. The van der Waals surface area contributed by atoms with Gasteiger partial charge in [0.25, 0.3) is 5.91 Å². The molecule has 1 heterocycles. The summed E-state index contributed by atoms with van der Waals surface area (Å²) < 4.78 is 18.2. The van der Waals surface area contributed by atoms with Crippen LogP contribution < -0.4 is 5.32 Å². The van der Waals surface area contributed by atoms with Crippen LogP contribution in [-0.2, 0) is 9.53 Å². The molecule has 0 bridgehead atoms. The van der Waals surface area contributed by atoms with E-state index in [0.717, 1.165) is 25.9 Å². The first kappa shape index (κ1) is 17.0. The van der Waals surface area contributed by atoms with Gasteiger partial charge in [-0.2, -0.15) is 0 Å². The highest BCUT2D eigenvalue weighted by Crippen LogP contribution is 2.22. The number of ether oxygens (including phenoxy) is 1. The molecule has 1 aliphatic rings. The second kappa shape index (κ2) is 7.79. The summed E-state index contributed by atoms with van der Waals surface area (Å²) in [5.74, 6) is -1.08. The van der Waals surface area contributed by atoms with Crippen molar-refractivity contribution in [1.29, 1.82) is 0 Å². The van der Waals surface area contributed by atoms with Gasteiger partial charge in [0.1, 0.15) is 5.82 Å². The number of likely N-dealkylation sites (tertiary alicyclic amines) is 1. The highest BCUT2D eigenvalue weighted by molar-refractivity contribution is 5.97. The lowest BCUT2D eigenvalue weighted by atomic mass is 10.1. The van der Waals surface area contributed by atoms with Crippen LogP contribution in [0.15, 0.2) is 48.5 Å². The van der Waals surface area contributed by atoms with Crippen molar-refractivity contribution in [3.05, 3.63) is 59.9 Å². The molecule has 0 aliphatic carbocycles. The van der Waals surface area contributed by atoms with Gasteiger partial charge in [-0.15, -0.1) is 0 Å². The van der Waals surface area contributed by atoms with Gasteiger partial charge in [0, 0.05) is 18.8 Å². The summed E-state index contributed by atoms with van der Waals surface area (Å²) in [6, 6.07) is 12.7. The number of benzene rings is 2. The zero-order valence-corrected chi connectivity index (χ0v) is 13.7. The van der Waals surface area contributed by atoms with Gasteiger partial charge in [-0.3, -0.25) is 4.79 Å². The number of anilines is 2. The van der Waals surface area contributed by atoms with E-state index < -0.39 is 5.97 Å². The van der Waals surface area contributed by atoms with Crippen molar-refractivity contribution in [2.45, 2.75) is 12.8 Å². The third-order valence-electron chi connectivity index (χ3n) is 4.06. The van der Waals surface area contributed by atoms with Gasteiger partial charge < -0.3 is 15.0 Å². The number of hydrogen-bond acceptors (Lipinski definition) is 4. The second-order valence-electron chi connectivity index (χ2n) is 5.84. The van der Waals surface area contributed by atoms with E-state index in [1.807, 2.05) is 0 Å². The highest BCUT2D eigenvalue weighted by Gasteiger charge is 2.20. The first-order valence-corrected chi connectivity index (χ1v) is 8.20. The Bertz CT molecular complexity index is 756. The molecule has 5 nitrogen and oxygen atoms in total. The third kappa shape index (κ3) is 4.35. The zero-order chi connectivity index (χ0) is 17.6. The molecule has 0 aromatic heterocycles. The average molecular weight is 342 g/mol. The quantitative estimate of drug-likeness (QED) is 0.847. The topological polar surface area (TPSA) is 58.6 Å². The molecule has 1 saturated heterocycles. The molecule has 0 saturated carbocycles. The van der Waals surface area contributed by atoms with Crippen LogP contribution in [0.1, 0.15) is 23.2 Å². The van der Waals surface area contributed by atoms with E-state index in [4.69, 9.17) is 4.74 Å². The van der Waals surface area contributed by atoms with Gasteiger partial charge in [-0.05, 0) is 49.2 Å². The predicted molar refractivity (Wildman–Crippen MR) is 92.2 cm³/mol. The Morgan fingerprint density at radius 1 is 1.04 bits per heavy atom. The minimum Gasteiger partial charge on any atom is -0.452 e. The van der Waals surface area contributed by atoms with Crippen molar-refractivity contribution in [1.82, 2.24) is 4.90 Å². The fraction of sp³-hybridized carbons (Fsp3) is 0.263. The van der Waals surface area contributed by atoms with Crippen LogP contribution >= 0.6 is 0 Å². The molecular weight excluding hydrogens is 323 g/mol. The van der Waals surface area contributed by atoms with E-state index in [1.165, 1.54) is 12.1 Å². The molecule has 130 valence electrons. The normalized spacial score (nSPS) is 13.6. The summed E-state index contributed by atoms with van der Waals surface area (Å²) in [4.78, 5) is 26.0. The molecular formula is C19H19FN2O3. The van der Waals surface area contributed by atoms with Crippen molar-refractivity contribution in [2.24, 2.45) is 0 Å². The highest BCUT2D eigenvalue weighted by atomic mass is 19.1. The minimum atomic E-state index is -0.572. The van der Waals surface area contributed by atoms with Crippen LogP contribution in [0.5, 0.6) is 0 Å². The molecule has 1 fully saturated rings. The van der Waals surface area contributed by atoms with Crippen LogP contribution in [0.25, 0.3) is 0 Å². The molecule has 0 unspecified atom stereocenters. The number of nitrogens with zero attached hydrogens (tertiary/aromatic N) is 1. The summed E-state index contributed by atoms with van der Waals surface area (Å²) in [6.07, 6.45) is 1.98. The number of carbonyl (C=O) groups is 2. The maximum atomic E-state index is 13.0. The molecule has 1 amide bonds. The van der Waals surface area contributed by atoms with E-state index in [9.17, 15) is 14.0 Å². The molecule has 2 aromatic rings. The van der Waals surface area contributed by atoms with Crippen LogP contribution in [0.4, 0.5) is 15.8 Å². The van der Waals surface area contributed by atoms with E-state index in [1.54, 1.807) is 41.3 Å². The number of nitrogens with one attached hydrogen (secondary N) is 1. The lowest BCUT2D eigenvalue weighted by Crippen LogP contribution is -2.32. The van der Waals surface area contributed by atoms with E-state index in [-0.39, 0.29) is 18.3 Å². The number of esters is 1. The van der Waals surface area contributed by atoms with Gasteiger partial charge in [-0.25, -0.2) is 9.18 Å². The average Bonchev–Trinajstić information content (AvgIpc) is 3.16. The van der Waals surface area contributed by atoms with Crippen molar-refractivity contribution in [2.75, 3.05) is 25.0 Å². The van der Waals surface area contributed by atoms with Gasteiger partial charge in [0.15, 0.2) is 6.61 Å². The van der Waals surface area contributed by atoms with Crippen LogP contribution in [0.3, 0.4) is 0 Å². The Morgan fingerprint density at radius 3 is 2.44 bits per heavy atom. The molecule has 6 heteroatoms. The number of hydrogen-bond donors (Lipinski definition) is 1. The summed E-state index contributed by atoms with van der Waals surface area (Å²) in [7, 11) is 0. The monoisotopic (exact) mass is 342 g/mol. The van der Waals surface area contributed by atoms with Crippen molar-refractivity contribution >= 4 is 23.3 Å². The van der Waals surface area contributed by atoms with Crippen molar-refractivity contribution in [3.63, 3.8) is 0 Å². The Labute approximate surface area is 145 Å². The van der Waals surface area contributed by atoms with E-state index in [0.29, 0.717) is 16.9 Å². The van der Waals surface area contributed by atoms with Gasteiger partial charge >= 0.3 is 5.97 Å². The lowest BCUT2D eigenvalue weighted by molar-refractivity contribution is -0.133. The second-order valence-corrected chi connectivity index (χ2v) is 5.84. The summed E-state index contributed by atoms with van der Waals surface area (Å²) in [5.41, 5.74) is 1.50. The van der Waals surface area contributed by atoms with Gasteiger partial charge in [0.2, 0.25) is 0 Å². The lowest BCUT2D eigenvalue weighted by Gasteiger charge is -2.16. The SMILES string of the molecule is O=C(OCC(=O)N1CCCC1)c1ccccc1Nc1ccc(F)cc1. The van der Waals surface area contributed by atoms with Gasteiger partial charge in [-0.1, -0.05) is 12.1 Å². The molecule has 0 radical (unpaired) electrons. The summed E-state index contributed by atoms with van der Waals surface area (Å²) in [6.45, 7) is 1.18. The largest absolute Gasteiger partial charge is 0.452 e. The number of amides is 1. The van der Waals surface area contributed by atoms with Crippen LogP contribution in [0.2, 0.25) is 0 Å². The molecule has 3 rings (SSSR count). The molecule has 0 atom stereocenters. The standard InChI is InChI=1S/C19H19FN2O3/c20-14-7-9-15(10-8-14)21-17-6-2-1-5-16(17)19(24)25-13-18(23)22-11-3-4-12-22/h1-2,5-10,21H,3-4,11-13H2. The van der Waals surface area contributed by atoms with Crippen molar-refractivity contribution in [3.8, 4) is 0 Å².